The lowest BCUT2D eigenvalue weighted by molar-refractivity contribution is 0.518. The van der Waals surface area contributed by atoms with Crippen molar-refractivity contribution in [2.24, 2.45) is 0 Å². The van der Waals surface area contributed by atoms with Crippen molar-refractivity contribution < 1.29 is 0 Å². The van der Waals surface area contributed by atoms with Gasteiger partial charge in [0.1, 0.15) is 0 Å². The van der Waals surface area contributed by atoms with Crippen LogP contribution in [-0.4, -0.2) is 19.6 Å². The van der Waals surface area contributed by atoms with Crippen LogP contribution in [0.15, 0.2) is 24.3 Å². The van der Waals surface area contributed by atoms with Crippen molar-refractivity contribution in [3.05, 3.63) is 29.8 Å². The minimum atomic E-state index is 0.242. The summed E-state index contributed by atoms with van der Waals surface area (Å²) in [6.45, 7) is 7.53. The van der Waals surface area contributed by atoms with Crippen LogP contribution in [0.2, 0.25) is 0 Å². The van der Waals surface area contributed by atoms with Crippen molar-refractivity contribution in [2.75, 3.05) is 18.5 Å². The SMILES string of the molecule is CCCNC(CC)c1ccc(N(C)C(C)CC#N)cc1. The minimum Gasteiger partial charge on any atom is -0.371 e. The maximum Gasteiger partial charge on any atom is 0.0643 e. The van der Waals surface area contributed by atoms with Crippen LogP contribution in [0.5, 0.6) is 0 Å². The van der Waals surface area contributed by atoms with E-state index in [0.717, 1.165) is 19.4 Å². The number of nitriles is 1. The van der Waals surface area contributed by atoms with Gasteiger partial charge in [-0.25, -0.2) is 0 Å². The summed E-state index contributed by atoms with van der Waals surface area (Å²) in [4.78, 5) is 2.16. The summed E-state index contributed by atoms with van der Waals surface area (Å²) >= 11 is 0. The predicted molar refractivity (Wildman–Crippen MR) is 85.9 cm³/mol. The molecule has 1 aromatic rings. The van der Waals surface area contributed by atoms with Gasteiger partial charge in [0.15, 0.2) is 0 Å². The first-order valence-electron chi connectivity index (χ1n) is 7.57. The summed E-state index contributed by atoms with van der Waals surface area (Å²) in [6.07, 6.45) is 2.80. The van der Waals surface area contributed by atoms with Crippen LogP contribution in [0.3, 0.4) is 0 Å². The molecule has 0 bridgehead atoms. The second-order valence-electron chi connectivity index (χ2n) is 5.33. The highest BCUT2D eigenvalue weighted by Crippen LogP contribution is 2.22. The molecule has 3 nitrogen and oxygen atoms in total. The van der Waals surface area contributed by atoms with E-state index in [1.807, 2.05) is 7.05 Å². The number of hydrogen-bond acceptors (Lipinski definition) is 3. The monoisotopic (exact) mass is 273 g/mol. The summed E-state index contributed by atoms with van der Waals surface area (Å²) < 4.78 is 0. The van der Waals surface area contributed by atoms with Crippen molar-refractivity contribution in [3.63, 3.8) is 0 Å². The lowest BCUT2D eigenvalue weighted by Gasteiger charge is -2.26. The zero-order valence-corrected chi connectivity index (χ0v) is 13.2. The molecule has 2 unspecified atom stereocenters. The third kappa shape index (κ3) is 4.54. The molecule has 0 fully saturated rings. The van der Waals surface area contributed by atoms with Crippen molar-refractivity contribution in [1.82, 2.24) is 5.32 Å². The lowest BCUT2D eigenvalue weighted by Crippen LogP contribution is -2.28. The van der Waals surface area contributed by atoms with Gasteiger partial charge >= 0.3 is 0 Å². The fraction of sp³-hybridized carbons (Fsp3) is 0.588. The van der Waals surface area contributed by atoms with Gasteiger partial charge in [-0.3, -0.25) is 0 Å². The summed E-state index contributed by atoms with van der Waals surface area (Å²) in [7, 11) is 2.05. The van der Waals surface area contributed by atoms with Gasteiger partial charge in [-0.1, -0.05) is 26.0 Å². The molecule has 0 radical (unpaired) electrons. The van der Waals surface area contributed by atoms with Gasteiger partial charge < -0.3 is 10.2 Å². The Morgan fingerprint density at radius 3 is 2.40 bits per heavy atom. The van der Waals surface area contributed by atoms with Crippen molar-refractivity contribution in [3.8, 4) is 6.07 Å². The average molecular weight is 273 g/mol. The molecule has 110 valence electrons. The molecule has 0 aliphatic carbocycles. The Kier molecular flexibility index (Phi) is 7.11. The Morgan fingerprint density at radius 2 is 1.90 bits per heavy atom. The minimum absolute atomic E-state index is 0.242. The lowest BCUT2D eigenvalue weighted by atomic mass is 10.0. The molecule has 0 spiro atoms. The highest BCUT2D eigenvalue weighted by molar-refractivity contribution is 5.48. The molecular weight excluding hydrogens is 246 g/mol. The summed E-state index contributed by atoms with van der Waals surface area (Å²) in [6, 6.07) is 11.6. The van der Waals surface area contributed by atoms with Gasteiger partial charge in [0.25, 0.3) is 0 Å². The molecule has 0 saturated carbocycles. The number of hydrogen-bond donors (Lipinski definition) is 1. The van der Waals surface area contributed by atoms with E-state index in [4.69, 9.17) is 5.26 Å². The Labute approximate surface area is 123 Å². The first kappa shape index (κ1) is 16.5. The molecule has 0 aliphatic heterocycles. The van der Waals surface area contributed by atoms with E-state index >= 15 is 0 Å². The standard InChI is InChI=1S/C17H27N3/c1-5-13-19-17(6-2)15-7-9-16(10-8-15)20(4)14(3)11-12-18/h7-10,14,17,19H,5-6,11,13H2,1-4H3. The quantitative estimate of drug-likeness (QED) is 0.781. The second kappa shape index (κ2) is 8.60. The number of nitrogens with zero attached hydrogens (tertiary/aromatic N) is 2. The van der Waals surface area contributed by atoms with E-state index in [9.17, 15) is 0 Å². The van der Waals surface area contributed by atoms with Crippen LogP contribution in [0.1, 0.15) is 51.6 Å². The zero-order valence-electron chi connectivity index (χ0n) is 13.2. The molecule has 1 rings (SSSR count). The van der Waals surface area contributed by atoms with Crippen molar-refractivity contribution in [1.29, 1.82) is 5.26 Å². The maximum absolute atomic E-state index is 8.78. The van der Waals surface area contributed by atoms with Gasteiger partial charge in [-0.15, -0.1) is 0 Å². The van der Waals surface area contributed by atoms with Crippen LogP contribution < -0.4 is 10.2 Å². The summed E-state index contributed by atoms with van der Waals surface area (Å²) in [5.41, 5.74) is 2.51. The van der Waals surface area contributed by atoms with Crippen LogP contribution in [0.4, 0.5) is 5.69 Å². The van der Waals surface area contributed by atoms with Crippen LogP contribution in [-0.2, 0) is 0 Å². The van der Waals surface area contributed by atoms with Gasteiger partial charge in [0.05, 0.1) is 12.5 Å². The number of benzene rings is 1. The fourth-order valence-electron chi connectivity index (χ4n) is 2.28. The number of nitrogens with one attached hydrogen (secondary N) is 1. The highest BCUT2D eigenvalue weighted by Gasteiger charge is 2.11. The van der Waals surface area contributed by atoms with E-state index in [0.29, 0.717) is 12.5 Å². The average Bonchev–Trinajstić information content (AvgIpc) is 2.48. The van der Waals surface area contributed by atoms with E-state index in [1.165, 1.54) is 11.3 Å². The molecular formula is C17H27N3. The molecule has 0 amide bonds. The topological polar surface area (TPSA) is 39.1 Å². The molecule has 1 aromatic carbocycles. The van der Waals surface area contributed by atoms with Gasteiger partial charge in [0.2, 0.25) is 0 Å². The summed E-state index contributed by atoms with van der Waals surface area (Å²) in [5, 5.41) is 12.3. The van der Waals surface area contributed by atoms with Crippen molar-refractivity contribution >= 4 is 5.69 Å². The Morgan fingerprint density at radius 1 is 1.25 bits per heavy atom. The molecule has 0 saturated heterocycles. The molecule has 0 heterocycles. The van der Waals surface area contributed by atoms with Crippen LogP contribution >= 0.6 is 0 Å². The van der Waals surface area contributed by atoms with E-state index in [2.05, 4.69) is 61.3 Å². The normalized spacial score (nSPS) is 13.6. The molecule has 1 N–H and O–H groups in total. The summed E-state index contributed by atoms with van der Waals surface area (Å²) in [5.74, 6) is 0. The molecule has 0 aliphatic rings. The molecule has 20 heavy (non-hydrogen) atoms. The Bertz CT molecular complexity index is 419. The first-order chi connectivity index (χ1) is 9.63. The van der Waals surface area contributed by atoms with Crippen LogP contribution in [0, 0.1) is 11.3 Å². The first-order valence-corrected chi connectivity index (χ1v) is 7.57. The van der Waals surface area contributed by atoms with Crippen molar-refractivity contribution in [2.45, 2.75) is 52.1 Å². The molecule has 2 atom stereocenters. The highest BCUT2D eigenvalue weighted by atomic mass is 15.1. The number of rotatable bonds is 8. The maximum atomic E-state index is 8.78. The van der Waals surface area contributed by atoms with Crippen LogP contribution in [0.25, 0.3) is 0 Å². The fourth-order valence-corrected chi connectivity index (χ4v) is 2.28. The number of anilines is 1. The Hall–Kier alpha value is -1.53. The van der Waals surface area contributed by atoms with Gasteiger partial charge in [0, 0.05) is 24.8 Å². The Balaban J connectivity index is 2.74. The smallest absolute Gasteiger partial charge is 0.0643 e. The van der Waals surface area contributed by atoms with E-state index in [1.54, 1.807) is 0 Å². The zero-order chi connectivity index (χ0) is 15.0. The van der Waals surface area contributed by atoms with Gasteiger partial charge in [-0.2, -0.15) is 5.26 Å². The van der Waals surface area contributed by atoms with E-state index in [-0.39, 0.29) is 6.04 Å². The molecule has 3 heteroatoms. The third-order valence-corrected chi connectivity index (χ3v) is 3.80. The third-order valence-electron chi connectivity index (χ3n) is 3.80. The largest absolute Gasteiger partial charge is 0.371 e. The second-order valence-corrected chi connectivity index (χ2v) is 5.33. The predicted octanol–water partition coefficient (Wildman–Crippen LogP) is 3.88. The van der Waals surface area contributed by atoms with E-state index < -0.39 is 0 Å². The molecule has 0 aromatic heterocycles. The van der Waals surface area contributed by atoms with Gasteiger partial charge in [-0.05, 0) is 44.0 Å².